The summed E-state index contributed by atoms with van der Waals surface area (Å²) in [6, 6.07) is 6.61. The highest BCUT2D eigenvalue weighted by molar-refractivity contribution is 5.67. The fraction of sp³-hybridized carbons (Fsp3) is 0.588. The third-order valence-electron chi connectivity index (χ3n) is 3.86. The van der Waals surface area contributed by atoms with Gasteiger partial charge in [-0.3, -0.25) is 0 Å². The maximum Gasteiger partial charge on any atom is 0.407 e. The Morgan fingerprint density at radius 1 is 1.36 bits per heavy atom. The molecule has 2 N–H and O–H groups in total. The van der Waals surface area contributed by atoms with Crippen molar-refractivity contribution in [1.29, 1.82) is 0 Å². The van der Waals surface area contributed by atoms with E-state index in [2.05, 4.69) is 10.6 Å². The molecule has 1 heterocycles. The minimum absolute atomic E-state index is 0.192. The van der Waals surface area contributed by atoms with Gasteiger partial charge in [0.25, 0.3) is 0 Å². The molecule has 4 nitrogen and oxygen atoms in total. The number of nitrogens with one attached hydrogen (secondary N) is 2. The van der Waals surface area contributed by atoms with Crippen LogP contribution in [0.25, 0.3) is 0 Å². The first kappa shape index (κ1) is 16.7. The second-order valence-electron chi connectivity index (χ2n) is 6.80. The molecule has 0 radical (unpaired) electrons. The van der Waals surface area contributed by atoms with Crippen molar-refractivity contribution in [3.8, 4) is 0 Å². The van der Waals surface area contributed by atoms with Crippen LogP contribution < -0.4 is 10.6 Å². The summed E-state index contributed by atoms with van der Waals surface area (Å²) in [4.78, 5) is 11.7. The molecule has 1 aromatic carbocycles. The van der Waals surface area contributed by atoms with Crippen LogP contribution in [0.1, 0.15) is 45.6 Å². The van der Waals surface area contributed by atoms with E-state index >= 15 is 0 Å². The van der Waals surface area contributed by atoms with Gasteiger partial charge in [0.05, 0.1) is 0 Å². The van der Waals surface area contributed by atoms with Crippen molar-refractivity contribution in [1.82, 2.24) is 10.6 Å². The molecule has 1 saturated heterocycles. The van der Waals surface area contributed by atoms with Gasteiger partial charge in [0.15, 0.2) is 0 Å². The Morgan fingerprint density at radius 2 is 2.05 bits per heavy atom. The van der Waals surface area contributed by atoms with Gasteiger partial charge in [0.1, 0.15) is 11.4 Å². The van der Waals surface area contributed by atoms with Gasteiger partial charge in [-0.25, -0.2) is 9.18 Å². The molecule has 1 aromatic rings. The van der Waals surface area contributed by atoms with Crippen molar-refractivity contribution in [3.05, 3.63) is 35.6 Å². The predicted molar refractivity (Wildman–Crippen MR) is 84.2 cm³/mol. The molecule has 0 aromatic heterocycles. The van der Waals surface area contributed by atoms with Crippen molar-refractivity contribution in [2.24, 2.45) is 0 Å². The highest BCUT2D eigenvalue weighted by Gasteiger charge is 2.34. The lowest BCUT2D eigenvalue weighted by Crippen LogP contribution is -2.41. The normalized spacial score (nSPS) is 21.6. The molecule has 0 spiro atoms. The maximum absolute atomic E-state index is 13.1. The third-order valence-corrected chi connectivity index (χ3v) is 3.86. The Hall–Kier alpha value is -1.62. The maximum atomic E-state index is 13.1. The van der Waals surface area contributed by atoms with Crippen LogP contribution in [0.15, 0.2) is 24.3 Å². The zero-order valence-electron chi connectivity index (χ0n) is 13.5. The predicted octanol–water partition coefficient (Wildman–Crippen LogP) is 3.32. The molecule has 122 valence electrons. The van der Waals surface area contributed by atoms with Crippen molar-refractivity contribution >= 4 is 6.09 Å². The Morgan fingerprint density at radius 3 is 2.59 bits per heavy atom. The molecule has 1 aliphatic rings. The summed E-state index contributed by atoms with van der Waals surface area (Å²) in [5.41, 5.74) is 0.380. The summed E-state index contributed by atoms with van der Waals surface area (Å²) in [5.74, 6) is -0.233. The van der Waals surface area contributed by atoms with Crippen molar-refractivity contribution < 1.29 is 13.9 Å². The van der Waals surface area contributed by atoms with Crippen LogP contribution in [0.2, 0.25) is 0 Å². The average Bonchev–Trinajstić information content (AvgIpc) is 2.87. The lowest BCUT2D eigenvalue weighted by atomic mass is 9.85. The SMILES string of the molecule is CC(C)(C)OC(=O)NCCC1(c2ccc(F)cc2)CCCN1. The second kappa shape index (κ2) is 6.65. The van der Waals surface area contributed by atoms with Gasteiger partial charge in [-0.1, -0.05) is 12.1 Å². The minimum atomic E-state index is -0.496. The first-order chi connectivity index (χ1) is 10.3. The topological polar surface area (TPSA) is 50.4 Å². The number of halogens is 1. The van der Waals surface area contributed by atoms with Gasteiger partial charge < -0.3 is 15.4 Å². The Labute approximate surface area is 131 Å². The molecule has 0 aliphatic carbocycles. The van der Waals surface area contributed by atoms with Crippen molar-refractivity contribution in [2.45, 2.75) is 51.2 Å². The first-order valence-corrected chi connectivity index (χ1v) is 7.79. The first-order valence-electron chi connectivity index (χ1n) is 7.79. The van der Waals surface area contributed by atoms with Gasteiger partial charge in [0.2, 0.25) is 0 Å². The lowest BCUT2D eigenvalue weighted by Gasteiger charge is -2.30. The highest BCUT2D eigenvalue weighted by atomic mass is 19.1. The van der Waals surface area contributed by atoms with Crippen LogP contribution in [0.3, 0.4) is 0 Å². The Balaban J connectivity index is 1.95. The zero-order chi connectivity index (χ0) is 16.2. The quantitative estimate of drug-likeness (QED) is 0.897. The summed E-state index contributed by atoms with van der Waals surface area (Å²) in [5, 5.41) is 6.31. The van der Waals surface area contributed by atoms with Crippen LogP contribution in [0.5, 0.6) is 0 Å². The molecular formula is C17H25FN2O2. The summed E-state index contributed by atoms with van der Waals surface area (Å²) < 4.78 is 18.4. The van der Waals surface area contributed by atoms with Crippen LogP contribution in [0, 0.1) is 5.82 Å². The van der Waals surface area contributed by atoms with E-state index in [0.717, 1.165) is 31.4 Å². The third kappa shape index (κ3) is 4.44. The van der Waals surface area contributed by atoms with Crippen LogP contribution in [-0.4, -0.2) is 24.8 Å². The van der Waals surface area contributed by atoms with Gasteiger partial charge in [-0.05, 0) is 64.3 Å². The molecule has 5 heteroatoms. The number of rotatable bonds is 4. The number of alkyl carbamates (subject to hydrolysis) is 1. The average molecular weight is 308 g/mol. The van der Waals surface area contributed by atoms with E-state index < -0.39 is 11.7 Å². The van der Waals surface area contributed by atoms with Gasteiger partial charge in [0, 0.05) is 12.1 Å². The molecule has 1 atom stereocenters. The summed E-state index contributed by atoms with van der Waals surface area (Å²) >= 11 is 0. The van der Waals surface area contributed by atoms with E-state index in [9.17, 15) is 9.18 Å². The van der Waals surface area contributed by atoms with E-state index in [1.807, 2.05) is 32.9 Å². The Kier molecular flexibility index (Phi) is 5.06. The van der Waals surface area contributed by atoms with E-state index in [1.54, 1.807) is 0 Å². The molecule has 2 rings (SSSR count). The fourth-order valence-corrected chi connectivity index (χ4v) is 2.87. The van der Waals surface area contributed by atoms with Crippen molar-refractivity contribution in [3.63, 3.8) is 0 Å². The van der Waals surface area contributed by atoms with E-state index in [0.29, 0.717) is 6.54 Å². The monoisotopic (exact) mass is 308 g/mol. The minimum Gasteiger partial charge on any atom is -0.444 e. The van der Waals surface area contributed by atoms with Crippen LogP contribution >= 0.6 is 0 Å². The summed E-state index contributed by atoms with van der Waals surface area (Å²) in [6.45, 7) is 6.96. The molecule has 0 saturated carbocycles. The summed E-state index contributed by atoms with van der Waals surface area (Å²) in [7, 11) is 0. The smallest absolute Gasteiger partial charge is 0.407 e. The number of carbonyl (C=O) groups excluding carboxylic acids is 1. The molecule has 22 heavy (non-hydrogen) atoms. The number of ether oxygens (including phenoxy) is 1. The zero-order valence-corrected chi connectivity index (χ0v) is 13.5. The molecular weight excluding hydrogens is 283 g/mol. The van der Waals surface area contributed by atoms with E-state index in [1.165, 1.54) is 12.1 Å². The summed E-state index contributed by atoms with van der Waals surface area (Å²) in [6.07, 6.45) is 2.40. The Bertz CT molecular complexity index is 502. The largest absolute Gasteiger partial charge is 0.444 e. The number of hydrogen-bond acceptors (Lipinski definition) is 3. The van der Waals surface area contributed by atoms with Gasteiger partial charge >= 0.3 is 6.09 Å². The fourth-order valence-electron chi connectivity index (χ4n) is 2.87. The van der Waals surface area contributed by atoms with Crippen LogP contribution in [-0.2, 0) is 10.3 Å². The van der Waals surface area contributed by atoms with Crippen molar-refractivity contribution in [2.75, 3.05) is 13.1 Å². The standard InChI is InChI=1S/C17H25FN2O2/c1-16(2,3)22-15(21)19-12-10-17(9-4-11-20-17)13-5-7-14(18)8-6-13/h5-8,20H,4,9-12H2,1-3H3,(H,19,21). The van der Waals surface area contributed by atoms with E-state index in [4.69, 9.17) is 4.74 Å². The molecule has 1 amide bonds. The number of amides is 1. The molecule has 0 bridgehead atoms. The second-order valence-corrected chi connectivity index (χ2v) is 6.80. The number of carbonyl (C=O) groups is 1. The highest BCUT2D eigenvalue weighted by Crippen LogP contribution is 2.34. The number of hydrogen-bond donors (Lipinski definition) is 2. The van der Waals surface area contributed by atoms with E-state index in [-0.39, 0.29) is 11.4 Å². The molecule has 1 fully saturated rings. The molecule has 1 unspecified atom stereocenters. The van der Waals surface area contributed by atoms with Gasteiger partial charge in [-0.15, -0.1) is 0 Å². The van der Waals surface area contributed by atoms with Crippen LogP contribution in [0.4, 0.5) is 9.18 Å². The van der Waals surface area contributed by atoms with Gasteiger partial charge in [-0.2, -0.15) is 0 Å². The lowest BCUT2D eigenvalue weighted by molar-refractivity contribution is 0.0523. The number of benzene rings is 1. The molecule has 1 aliphatic heterocycles.